The van der Waals surface area contributed by atoms with E-state index >= 15 is 0 Å². The summed E-state index contributed by atoms with van der Waals surface area (Å²) in [5.41, 5.74) is 1.02. The molecule has 23 heavy (non-hydrogen) atoms. The molecule has 0 N–H and O–H groups in total. The maximum Gasteiger partial charge on any atom is 0.243 e. The minimum atomic E-state index is -3.61. The quantitative estimate of drug-likeness (QED) is 0.749. The van der Waals surface area contributed by atoms with E-state index in [-0.39, 0.29) is 30.2 Å². The van der Waals surface area contributed by atoms with Crippen LogP contribution in [0.2, 0.25) is 0 Å². The molecule has 0 saturated carbocycles. The van der Waals surface area contributed by atoms with Crippen molar-refractivity contribution in [1.82, 2.24) is 4.31 Å². The average molecular weight is 335 g/mol. The van der Waals surface area contributed by atoms with Crippen LogP contribution in [0.3, 0.4) is 0 Å². The molecule has 4 nitrogen and oxygen atoms in total. The first-order chi connectivity index (χ1) is 10.8. The number of ketones is 1. The third-order valence-electron chi connectivity index (χ3n) is 4.51. The van der Waals surface area contributed by atoms with Crippen LogP contribution in [0.5, 0.6) is 0 Å². The summed E-state index contributed by atoms with van der Waals surface area (Å²) in [6, 6.07) is 6.55. The van der Waals surface area contributed by atoms with Crippen LogP contribution in [0.1, 0.15) is 38.7 Å². The molecule has 1 saturated heterocycles. The zero-order valence-electron chi connectivity index (χ0n) is 14.0. The number of sulfonamides is 1. The Labute approximate surface area is 139 Å². The summed E-state index contributed by atoms with van der Waals surface area (Å²) in [7, 11) is -3.61. The molecule has 2 atom stereocenters. The first-order valence-corrected chi connectivity index (χ1v) is 9.47. The van der Waals surface area contributed by atoms with E-state index in [0.29, 0.717) is 11.3 Å². The molecular formula is C18H25NO3S. The van der Waals surface area contributed by atoms with Crippen LogP contribution in [0.25, 0.3) is 0 Å². The van der Waals surface area contributed by atoms with E-state index in [2.05, 4.69) is 6.58 Å². The van der Waals surface area contributed by atoms with Crippen molar-refractivity contribution in [3.8, 4) is 0 Å². The number of nitrogens with zero attached hydrogens (tertiary/aromatic N) is 1. The maximum atomic E-state index is 13.1. The first kappa shape index (κ1) is 17.9. The maximum absolute atomic E-state index is 13.1. The number of hydrogen-bond donors (Lipinski definition) is 0. The van der Waals surface area contributed by atoms with Crippen LogP contribution < -0.4 is 0 Å². The second kappa shape index (κ2) is 6.97. The lowest BCUT2D eigenvalue weighted by Gasteiger charge is -2.31. The van der Waals surface area contributed by atoms with Gasteiger partial charge in [0, 0.05) is 18.5 Å². The van der Waals surface area contributed by atoms with Gasteiger partial charge in [0.25, 0.3) is 0 Å². The van der Waals surface area contributed by atoms with Gasteiger partial charge in [-0.05, 0) is 43.9 Å². The third-order valence-corrected chi connectivity index (χ3v) is 6.50. The normalized spacial score (nSPS) is 22.4. The molecule has 1 aliphatic heterocycles. The van der Waals surface area contributed by atoms with Gasteiger partial charge in [-0.2, -0.15) is 4.31 Å². The van der Waals surface area contributed by atoms with Gasteiger partial charge in [-0.3, -0.25) is 4.79 Å². The molecule has 0 amide bonds. The minimum absolute atomic E-state index is 0.0658. The lowest BCUT2D eigenvalue weighted by molar-refractivity contribution is -0.115. The van der Waals surface area contributed by atoms with E-state index in [0.717, 1.165) is 12.0 Å². The van der Waals surface area contributed by atoms with Crippen molar-refractivity contribution < 1.29 is 13.2 Å². The van der Waals surface area contributed by atoms with Gasteiger partial charge in [-0.25, -0.2) is 8.42 Å². The lowest BCUT2D eigenvalue weighted by atomic mass is 10.0. The van der Waals surface area contributed by atoms with Gasteiger partial charge in [0.05, 0.1) is 4.90 Å². The smallest absolute Gasteiger partial charge is 0.243 e. The molecule has 0 radical (unpaired) electrons. The Morgan fingerprint density at radius 2 is 1.91 bits per heavy atom. The highest BCUT2D eigenvalue weighted by molar-refractivity contribution is 7.89. The predicted octanol–water partition coefficient (Wildman–Crippen LogP) is 3.32. The van der Waals surface area contributed by atoms with Crippen LogP contribution in [-0.4, -0.2) is 30.6 Å². The van der Waals surface area contributed by atoms with Crippen molar-refractivity contribution in [2.75, 3.05) is 0 Å². The third kappa shape index (κ3) is 3.72. The van der Waals surface area contributed by atoms with Crippen LogP contribution in [0, 0.1) is 12.8 Å². The van der Waals surface area contributed by atoms with Crippen LogP contribution in [0.4, 0.5) is 0 Å². The summed E-state index contributed by atoms with van der Waals surface area (Å²) in [6.07, 6.45) is 2.99. The zero-order chi connectivity index (χ0) is 17.2. The van der Waals surface area contributed by atoms with Crippen molar-refractivity contribution in [3.05, 3.63) is 42.5 Å². The fourth-order valence-electron chi connectivity index (χ4n) is 3.23. The Bertz CT molecular complexity index is 677. The highest BCUT2D eigenvalue weighted by Gasteiger charge is 2.43. The number of carbonyl (C=O) groups excluding carboxylic acids is 1. The molecule has 1 aromatic rings. The highest BCUT2D eigenvalue weighted by atomic mass is 32.2. The first-order valence-electron chi connectivity index (χ1n) is 8.03. The highest BCUT2D eigenvalue weighted by Crippen LogP contribution is 2.36. The standard InChI is InChI=1S/C18H25NO3S/c1-5-16(20)12-15-8-11-18(13(2)3)19(15)23(21,22)17-9-6-14(4)7-10-17/h5-7,9-10,13,15,18H,1,8,11-12H2,2-4H3/t15-,18+/m0/s1. The van der Waals surface area contributed by atoms with Gasteiger partial charge in [0.2, 0.25) is 10.0 Å². The molecule has 2 rings (SSSR count). The summed E-state index contributed by atoms with van der Waals surface area (Å²) in [4.78, 5) is 12.1. The second-order valence-electron chi connectivity index (χ2n) is 6.57. The molecular weight excluding hydrogens is 310 g/mol. The Balaban J connectivity index is 2.41. The monoisotopic (exact) mass is 335 g/mol. The van der Waals surface area contributed by atoms with Gasteiger partial charge in [0.15, 0.2) is 5.78 Å². The molecule has 1 heterocycles. The van der Waals surface area contributed by atoms with E-state index in [1.807, 2.05) is 20.8 Å². The van der Waals surface area contributed by atoms with Gasteiger partial charge in [-0.1, -0.05) is 38.1 Å². The van der Waals surface area contributed by atoms with E-state index in [4.69, 9.17) is 0 Å². The molecule has 5 heteroatoms. The Hall–Kier alpha value is -1.46. The number of aryl methyl sites for hydroxylation is 1. The SMILES string of the molecule is C=CC(=O)C[C@@H]1CC[C@H](C(C)C)N1S(=O)(=O)c1ccc(C)cc1. The molecule has 0 aliphatic carbocycles. The van der Waals surface area contributed by atoms with E-state index < -0.39 is 10.0 Å². The predicted molar refractivity (Wildman–Crippen MR) is 91.7 cm³/mol. The summed E-state index contributed by atoms with van der Waals surface area (Å²) >= 11 is 0. The largest absolute Gasteiger partial charge is 0.295 e. The topological polar surface area (TPSA) is 54.5 Å². The number of carbonyl (C=O) groups is 1. The molecule has 1 fully saturated rings. The summed E-state index contributed by atoms with van der Waals surface area (Å²) in [5, 5.41) is 0. The van der Waals surface area contributed by atoms with Crippen LogP contribution in [0.15, 0.2) is 41.8 Å². The van der Waals surface area contributed by atoms with Gasteiger partial charge < -0.3 is 0 Å². The van der Waals surface area contributed by atoms with Gasteiger partial charge in [0.1, 0.15) is 0 Å². The van der Waals surface area contributed by atoms with E-state index in [1.165, 1.54) is 6.08 Å². The molecule has 0 aromatic heterocycles. The van der Waals surface area contributed by atoms with Crippen LogP contribution >= 0.6 is 0 Å². The summed E-state index contributed by atoms with van der Waals surface area (Å²) < 4.78 is 27.8. The number of benzene rings is 1. The van der Waals surface area contributed by atoms with Crippen LogP contribution in [-0.2, 0) is 14.8 Å². The number of allylic oxidation sites excluding steroid dienone is 1. The lowest BCUT2D eigenvalue weighted by Crippen LogP contribution is -2.44. The van der Waals surface area contributed by atoms with E-state index in [1.54, 1.807) is 28.6 Å². The molecule has 0 spiro atoms. The second-order valence-corrected chi connectivity index (χ2v) is 8.41. The minimum Gasteiger partial charge on any atom is -0.295 e. The molecule has 126 valence electrons. The molecule has 1 aromatic carbocycles. The fourth-order valence-corrected chi connectivity index (χ4v) is 5.23. The van der Waals surface area contributed by atoms with Crippen molar-refractivity contribution in [2.45, 2.75) is 57.0 Å². The summed E-state index contributed by atoms with van der Waals surface area (Å²) in [6.45, 7) is 9.48. The average Bonchev–Trinajstić information content (AvgIpc) is 2.92. The molecule has 0 unspecified atom stereocenters. The van der Waals surface area contributed by atoms with Gasteiger partial charge >= 0.3 is 0 Å². The van der Waals surface area contributed by atoms with Gasteiger partial charge in [-0.15, -0.1) is 0 Å². The zero-order valence-corrected chi connectivity index (χ0v) is 14.8. The summed E-state index contributed by atoms with van der Waals surface area (Å²) in [5.74, 6) is 0.0996. The molecule has 0 bridgehead atoms. The molecule has 1 aliphatic rings. The van der Waals surface area contributed by atoms with Crippen molar-refractivity contribution in [2.24, 2.45) is 5.92 Å². The van der Waals surface area contributed by atoms with E-state index in [9.17, 15) is 13.2 Å². The Morgan fingerprint density at radius 3 is 2.43 bits per heavy atom. The Morgan fingerprint density at radius 1 is 1.30 bits per heavy atom. The van der Waals surface area contributed by atoms with Crippen molar-refractivity contribution in [3.63, 3.8) is 0 Å². The Kier molecular flexibility index (Phi) is 5.42. The number of hydrogen-bond acceptors (Lipinski definition) is 3. The number of rotatable bonds is 6. The van der Waals surface area contributed by atoms with Crippen molar-refractivity contribution in [1.29, 1.82) is 0 Å². The van der Waals surface area contributed by atoms with Crippen molar-refractivity contribution >= 4 is 15.8 Å². The fraction of sp³-hybridized carbons (Fsp3) is 0.500.